The monoisotopic (exact) mass is 297 g/mol. The summed E-state index contributed by atoms with van der Waals surface area (Å²) in [4.78, 5) is 14.5. The predicted octanol–water partition coefficient (Wildman–Crippen LogP) is 2.95. The predicted molar refractivity (Wildman–Crippen MR) is 78.1 cm³/mol. The summed E-state index contributed by atoms with van der Waals surface area (Å²) in [7, 11) is 0. The third kappa shape index (κ3) is 1.95. The second-order valence-electron chi connectivity index (χ2n) is 5.35. The largest absolute Gasteiger partial charge is 0.461 e. The van der Waals surface area contributed by atoms with Gasteiger partial charge in [-0.3, -0.25) is 4.79 Å². The third-order valence-electron chi connectivity index (χ3n) is 4.10. The highest BCUT2D eigenvalue weighted by Crippen LogP contribution is 2.28. The molecule has 4 rings (SSSR count). The minimum absolute atomic E-state index is 0.0139. The van der Waals surface area contributed by atoms with Gasteiger partial charge in [0.2, 0.25) is 5.76 Å². The van der Waals surface area contributed by atoms with Gasteiger partial charge >= 0.3 is 0 Å². The van der Waals surface area contributed by atoms with E-state index in [1.54, 1.807) is 24.5 Å². The van der Waals surface area contributed by atoms with Crippen molar-refractivity contribution in [2.24, 2.45) is 0 Å². The number of carbonyl (C=O) groups is 1. The topological polar surface area (TPSA) is 64.4 Å². The normalized spacial score (nSPS) is 17.5. The Kier molecular flexibility index (Phi) is 2.89. The number of furan rings is 1. The van der Waals surface area contributed by atoms with Crippen molar-refractivity contribution in [1.82, 2.24) is 14.6 Å². The molecule has 0 saturated carbocycles. The van der Waals surface area contributed by atoms with Crippen molar-refractivity contribution in [2.45, 2.75) is 19.5 Å². The van der Waals surface area contributed by atoms with E-state index in [4.69, 9.17) is 8.94 Å². The first kappa shape index (κ1) is 12.9. The molecular formula is C16H15N3O3. The number of hydrogen-bond acceptors (Lipinski definition) is 4. The molecule has 112 valence electrons. The average Bonchev–Trinajstić information content (AvgIpc) is 3.26. The summed E-state index contributed by atoms with van der Waals surface area (Å²) < 4.78 is 12.6. The van der Waals surface area contributed by atoms with E-state index in [1.165, 1.54) is 0 Å². The van der Waals surface area contributed by atoms with Crippen molar-refractivity contribution in [3.05, 3.63) is 54.2 Å². The lowest BCUT2D eigenvalue weighted by Gasteiger charge is -2.34. The number of aromatic nitrogens is 2. The lowest BCUT2D eigenvalue weighted by atomic mass is 10.1. The van der Waals surface area contributed by atoms with Crippen LogP contribution >= 0.6 is 0 Å². The van der Waals surface area contributed by atoms with E-state index in [2.05, 4.69) is 9.72 Å². The molecule has 6 heteroatoms. The Balaban J connectivity index is 1.60. The van der Waals surface area contributed by atoms with Gasteiger partial charge in [0.15, 0.2) is 11.5 Å². The fourth-order valence-electron chi connectivity index (χ4n) is 2.91. The summed E-state index contributed by atoms with van der Waals surface area (Å²) >= 11 is 0. The fourth-order valence-corrected chi connectivity index (χ4v) is 2.91. The Labute approximate surface area is 126 Å². The minimum Gasteiger partial charge on any atom is -0.461 e. The number of fused-ring (bicyclic) bond motifs is 1. The van der Waals surface area contributed by atoms with Gasteiger partial charge in [-0.25, -0.2) is 0 Å². The molecule has 22 heavy (non-hydrogen) atoms. The van der Waals surface area contributed by atoms with Crippen molar-refractivity contribution in [3.8, 4) is 11.5 Å². The molecular weight excluding hydrogens is 282 g/mol. The van der Waals surface area contributed by atoms with Gasteiger partial charge in [-0.1, -0.05) is 5.16 Å². The Morgan fingerprint density at radius 1 is 1.27 bits per heavy atom. The molecule has 0 aliphatic carbocycles. The molecule has 1 amide bonds. The molecule has 6 nitrogen and oxygen atoms in total. The first-order valence-corrected chi connectivity index (χ1v) is 7.20. The van der Waals surface area contributed by atoms with Crippen LogP contribution in [-0.4, -0.2) is 27.1 Å². The zero-order valence-corrected chi connectivity index (χ0v) is 12.1. The number of nitrogens with zero attached hydrogens (tertiary/aromatic N) is 3. The van der Waals surface area contributed by atoms with Crippen LogP contribution in [0.5, 0.6) is 0 Å². The van der Waals surface area contributed by atoms with Gasteiger partial charge in [0.05, 0.1) is 12.3 Å². The zero-order valence-electron chi connectivity index (χ0n) is 12.1. The number of carbonyl (C=O) groups excluding carboxylic acids is 1. The summed E-state index contributed by atoms with van der Waals surface area (Å²) in [6.07, 6.45) is 3.60. The van der Waals surface area contributed by atoms with Gasteiger partial charge in [0, 0.05) is 31.0 Å². The van der Waals surface area contributed by atoms with Crippen LogP contribution in [0.15, 0.2) is 51.7 Å². The molecule has 3 aromatic heterocycles. The van der Waals surface area contributed by atoms with Crippen LogP contribution in [0, 0.1) is 0 Å². The van der Waals surface area contributed by atoms with E-state index in [1.807, 2.05) is 30.2 Å². The second kappa shape index (κ2) is 4.91. The van der Waals surface area contributed by atoms with Crippen LogP contribution in [0.25, 0.3) is 11.5 Å². The Morgan fingerprint density at radius 2 is 2.18 bits per heavy atom. The van der Waals surface area contributed by atoms with Gasteiger partial charge < -0.3 is 18.4 Å². The van der Waals surface area contributed by atoms with Crippen molar-refractivity contribution in [1.29, 1.82) is 0 Å². The first-order valence-electron chi connectivity index (χ1n) is 7.20. The van der Waals surface area contributed by atoms with Crippen LogP contribution in [0.1, 0.15) is 29.1 Å². The molecule has 0 saturated heterocycles. The summed E-state index contributed by atoms with van der Waals surface area (Å²) in [5.41, 5.74) is 1.44. The highest BCUT2D eigenvalue weighted by Gasteiger charge is 2.30. The van der Waals surface area contributed by atoms with E-state index in [0.29, 0.717) is 23.8 Å². The van der Waals surface area contributed by atoms with Gasteiger partial charge in [0.25, 0.3) is 5.91 Å². The SMILES string of the molecule is C[C@H]1c2cccn2CCN1C(=O)c1cc(-c2ccco2)on1. The Morgan fingerprint density at radius 3 is 3.00 bits per heavy atom. The number of hydrogen-bond donors (Lipinski definition) is 0. The molecule has 0 aromatic carbocycles. The van der Waals surface area contributed by atoms with E-state index < -0.39 is 0 Å². The highest BCUT2D eigenvalue weighted by molar-refractivity contribution is 5.93. The molecule has 3 aromatic rings. The lowest BCUT2D eigenvalue weighted by molar-refractivity contribution is 0.0633. The van der Waals surface area contributed by atoms with Gasteiger partial charge in [-0.15, -0.1) is 0 Å². The molecule has 1 atom stereocenters. The standard InChI is InChI=1S/C16H15N3O3/c1-11-13-4-2-6-18(13)7-8-19(11)16(20)12-10-15(22-17-12)14-5-3-9-21-14/h2-6,9-11H,7-8H2,1H3/t11-/m0/s1. The quantitative estimate of drug-likeness (QED) is 0.729. The van der Waals surface area contributed by atoms with Crippen LogP contribution in [0.3, 0.4) is 0 Å². The molecule has 1 aliphatic rings. The van der Waals surface area contributed by atoms with Crippen molar-refractivity contribution in [2.75, 3.05) is 6.54 Å². The lowest BCUT2D eigenvalue weighted by Crippen LogP contribution is -2.40. The minimum atomic E-state index is -0.124. The van der Waals surface area contributed by atoms with E-state index in [-0.39, 0.29) is 11.9 Å². The van der Waals surface area contributed by atoms with Crippen LogP contribution in [-0.2, 0) is 6.54 Å². The van der Waals surface area contributed by atoms with E-state index in [0.717, 1.165) is 12.2 Å². The zero-order chi connectivity index (χ0) is 15.1. The molecule has 0 fully saturated rings. The Hall–Kier alpha value is -2.76. The van der Waals surface area contributed by atoms with Crippen molar-refractivity contribution in [3.63, 3.8) is 0 Å². The molecule has 1 aliphatic heterocycles. The average molecular weight is 297 g/mol. The highest BCUT2D eigenvalue weighted by atomic mass is 16.5. The molecule has 0 unspecified atom stereocenters. The molecule has 0 bridgehead atoms. The van der Waals surface area contributed by atoms with Crippen LogP contribution in [0.4, 0.5) is 0 Å². The fraction of sp³-hybridized carbons (Fsp3) is 0.250. The maximum Gasteiger partial charge on any atom is 0.276 e. The Bertz CT molecular complexity index is 800. The summed E-state index contributed by atoms with van der Waals surface area (Å²) in [5, 5.41) is 3.89. The summed E-state index contributed by atoms with van der Waals surface area (Å²) in [6, 6.07) is 9.22. The maximum absolute atomic E-state index is 12.7. The molecule has 0 spiro atoms. The summed E-state index contributed by atoms with van der Waals surface area (Å²) in [6.45, 7) is 3.47. The van der Waals surface area contributed by atoms with E-state index in [9.17, 15) is 4.79 Å². The molecule has 0 radical (unpaired) electrons. The van der Waals surface area contributed by atoms with Crippen LogP contribution < -0.4 is 0 Å². The van der Waals surface area contributed by atoms with Crippen molar-refractivity contribution < 1.29 is 13.7 Å². The second-order valence-corrected chi connectivity index (χ2v) is 5.35. The van der Waals surface area contributed by atoms with Gasteiger partial charge in [-0.05, 0) is 31.2 Å². The third-order valence-corrected chi connectivity index (χ3v) is 4.10. The summed E-state index contributed by atoms with van der Waals surface area (Å²) in [5.74, 6) is 0.898. The van der Waals surface area contributed by atoms with Crippen LogP contribution in [0.2, 0.25) is 0 Å². The van der Waals surface area contributed by atoms with E-state index >= 15 is 0 Å². The maximum atomic E-state index is 12.7. The molecule has 0 N–H and O–H groups in total. The van der Waals surface area contributed by atoms with Gasteiger partial charge in [0.1, 0.15) is 0 Å². The first-order chi connectivity index (χ1) is 10.7. The smallest absolute Gasteiger partial charge is 0.276 e. The number of rotatable bonds is 2. The molecule has 4 heterocycles. The van der Waals surface area contributed by atoms with Crippen molar-refractivity contribution >= 4 is 5.91 Å². The van der Waals surface area contributed by atoms with Gasteiger partial charge in [-0.2, -0.15) is 0 Å². The number of amides is 1.